The van der Waals surface area contributed by atoms with E-state index in [0.29, 0.717) is 25.3 Å². The van der Waals surface area contributed by atoms with Gasteiger partial charge in [0, 0.05) is 25.2 Å². The zero-order valence-corrected chi connectivity index (χ0v) is 14.2. The normalized spacial score (nSPS) is 11.0. The first-order valence-corrected chi connectivity index (χ1v) is 7.78. The second kappa shape index (κ2) is 7.96. The first-order valence-electron chi connectivity index (χ1n) is 7.78. The Labute approximate surface area is 132 Å². The zero-order chi connectivity index (χ0) is 16.9. The molecule has 0 saturated carbocycles. The van der Waals surface area contributed by atoms with Gasteiger partial charge in [-0.2, -0.15) is 5.10 Å². The Balaban J connectivity index is 2.73. The molecule has 1 N–H and O–H groups in total. The van der Waals surface area contributed by atoms with E-state index < -0.39 is 5.97 Å². The van der Waals surface area contributed by atoms with E-state index in [0.717, 1.165) is 23.5 Å². The standard InChI is InChI=1S/C16H27N3O3/c1-6-18(10-16(21)22)15(20)8-7-14-12(4)17-19(13(14)5)9-11(2)3/h11H,6-10H2,1-5H3,(H,21,22). The van der Waals surface area contributed by atoms with Crippen LogP contribution in [-0.2, 0) is 22.6 Å². The van der Waals surface area contributed by atoms with Crippen LogP contribution in [0.2, 0.25) is 0 Å². The number of nitrogens with zero attached hydrogens (tertiary/aromatic N) is 3. The van der Waals surface area contributed by atoms with Gasteiger partial charge in [-0.25, -0.2) is 0 Å². The summed E-state index contributed by atoms with van der Waals surface area (Å²) in [6, 6.07) is 0. The molecule has 0 aliphatic heterocycles. The molecule has 0 atom stereocenters. The summed E-state index contributed by atoms with van der Waals surface area (Å²) in [4.78, 5) is 24.2. The summed E-state index contributed by atoms with van der Waals surface area (Å²) < 4.78 is 1.99. The van der Waals surface area contributed by atoms with E-state index in [9.17, 15) is 9.59 Å². The molecule has 1 amide bonds. The Morgan fingerprint density at radius 3 is 2.45 bits per heavy atom. The number of amides is 1. The summed E-state index contributed by atoms with van der Waals surface area (Å²) in [5.74, 6) is -0.591. The van der Waals surface area contributed by atoms with Crippen molar-refractivity contribution in [2.45, 2.75) is 54.0 Å². The number of hydrogen-bond donors (Lipinski definition) is 1. The second-order valence-electron chi connectivity index (χ2n) is 6.03. The van der Waals surface area contributed by atoms with Crippen molar-refractivity contribution in [1.29, 1.82) is 0 Å². The lowest BCUT2D eigenvalue weighted by atomic mass is 10.1. The molecule has 0 unspecified atom stereocenters. The first-order chi connectivity index (χ1) is 10.3. The fourth-order valence-electron chi connectivity index (χ4n) is 2.55. The van der Waals surface area contributed by atoms with Gasteiger partial charge in [0.2, 0.25) is 5.91 Å². The predicted octanol–water partition coefficient (Wildman–Crippen LogP) is 2.02. The van der Waals surface area contributed by atoms with Crippen molar-refractivity contribution in [1.82, 2.24) is 14.7 Å². The molecule has 0 bridgehead atoms. The van der Waals surface area contributed by atoms with E-state index in [1.165, 1.54) is 4.90 Å². The Hall–Kier alpha value is -1.85. The van der Waals surface area contributed by atoms with Crippen LogP contribution in [0, 0.1) is 19.8 Å². The molecule has 0 aliphatic carbocycles. The molecule has 0 saturated heterocycles. The highest BCUT2D eigenvalue weighted by Crippen LogP contribution is 2.17. The summed E-state index contributed by atoms with van der Waals surface area (Å²) in [6.07, 6.45) is 0.918. The molecular formula is C16H27N3O3. The van der Waals surface area contributed by atoms with Gasteiger partial charge < -0.3 is 10.0 Å². The Bertz CT molecular complexity index is 535. The van der Waals surface area contributed by atoms with Crippen LogP contribution in [0.3, 0.4) is 0 Å². The minimum Gasteiger partial charge on any atom is -0.480 e. The van der Waals surface area contributed by atoms with Crippen LogP contribution in [-0.4, -0.2) is 44.8 Å². The SMILES string of the molecule is CCN(CC(=O)O)C(=O)CCc1c(C)nn(CC(C)C)c1C. The molecule has 1 aromatic rings. The van der Waals surface area contributed by atoms with Crippen molar-refractivity contribution >= 4 is 11.9 Å². The molecule has 0 spiro atoms. The van der Waals surface area contributed by atoms with E-state index in [2.05, 4.69) is 18.9 Å². The van der Waals surface area contributed by atoms with Crippen molar-refractivity contribution in [2.75, 3.05) is 13.1 Å². The van der Waals surface area contributed by atoms with Gasteiger partial charge in [0.15, 0.2) is 0 Å². The van der Waals surface area contributed by atoms with Gasteiger partial charge in [-0.15, -0.1) is 0 Å². The smallest absolute Gasteiger partial charge is 0.323 e. The maximum Gasteiger partial charge on any atom is 0.323 e. The number of carboxylic acid groups (broad SMARTS) is 1. The van der Waals surface area contributed by atoms with Gasteiger partial charge in [0.05, 0.1) is 5.69 Å². The molecule has 1 heterocycles. The van der Waals surface area contributed by atoms with Crippen LogP contribution in [0.1, 0.15) is 44.1 Å². The Morgan fingerprint density at radius 2 is 1.95 bits per heavy atom. The Morgan fingerprint density at radius 1 is 1.32 bits per heavy atom. The maximum absolute atomic E-state index is 12.1. The molecule has 1 aromatic heterocycles. The lowest BCUT2D eigenvalue weighted by Gasteiger charge is -2.18. The van der Waals surface area contributed by atoms with Crippen LogP contribution in [0.4, 0.5) is 0 Å². The molecule has 22 heavy (non-hydrogen) atoms. The van der Waals surface area contributed by atoms with Crippen LogP contribution < -0.4 is 0 Å². The van der Waals surface area contributed by atoms with Gasteiger partial charge >= 0.3 is 5.97 Å². The fourth-order valence-corrected chi connectivity index (χ4v) is 2.55. The maximum atomic E-state index is 12.1. The molecule has 6 nitrogen and oxygen atoms in total. The highest BCUT2D eigenvalue weighted by molar-refractivity contribution is 5.81. The average molecular weight is 309 g/mol. The van der Waals surface area contributed by atoms with Crippen molar-refractivity contribution in [3.63, 3.8) is 0 Å². The van der Waals surface area contributed by atoms with E-state index in [1.807, 2.05) is 18.5 Å². The van der Waals surface area contributed by atoms with Gasteiger partial charge in [-0.1, -0.05) is 13.8 Å². The van der Waals surface area contributed by atoms with E-state index in [4.69, 9.17) is 5.11 Å². The molecule has 1 rings (SSSR count). The number of aryl methyl sites for hydroxylation is 1. The summed E-state index contributed by atoms with van der Waals surface area (Å²) in [5, 5.41) is 13.4. The lowest BCUT2D eigenvalue weighted by molar-refractivity contribution is -0.144. The number of carbonyl (C=O) groups is 2. The quantitative estimate of drug-likeness (QED) is 0.797. The topological polar surface area (TPSA) is 75.4 Å². The van der Waals surface area contributed by atoms with Gasteiger partial charge in [-0.3, -0.25) is 14.3 Å². The monoisotopic (exact) mass is 309 g/mol. The first kappa shape index (κ1) is 18.2. The van der Waals surface area contributed by atoms with Crippen molar-refractivity contribution < 1.29 is 14.7 Å². The molecule has 6 heteroatoms. The molecule has 0 fully saturated rings. The second-order valence-corrected chi connectivity index (χ2v) is 6.03. The van der Waals surface area contributed by atoms with E-state index in [1.54, 1.807) is 6.92 Å². The zero-order valence-electron chi connectivity index (χ0n) is 14.2. The van der Waals surface area contributed by atoms with Gasteiger partial charge in [0.25, 0.3) is 0 Å². The molecule has 124 valence electrons. The number of carboxylic acids is 1. The molecular weight excluding hydrogens is 282 g/mol. The van der Waals surface area contributed by atoms with Crippen molar-refractivity contribution in [2.24, 2.45) is 5.92 Å². The van der Waals surface area contributed by atoms with E-state index in [-0.39, 0.29) is 12.5 Å². The number of likely N-dealkylation sites (N-methyl/N-ethyl adjacent to an activating group) is 1. The number of carbonyl (C=O) groups excluding carboxylic acids is 1. The van der Waals surface area contributed by atoms with Crippen LogP contribution in [0.15, 0.2) is 0 Å². The third kappa shape index (κ3) is 4.86. The number of aromatic nitrogens is 2. The average Bonchev–Trinajstić information content (AvgIpc) is 2.67. The number of rotatable bonds is 8. The van der Waals surface area contributed by atoms with Crippen LogP contribution in [0.25, 0.3) is 0 Å². The third-order valence-electron chi connectivity index (χ3n) is 3.72. The van der Waals surface area contributed by atoms with Crippen molar-refractivity contribution in [3.05, 3.63) is 17.0 Å². The largest absolute Gasteiger partial charge is 0.480 e. The van der Waals surface area contributed by atoms with Crippen LogP contribution in [0.5, 0.6) is 0 Å². The minimum absolute atomic E-state index is 0.125. The van der Waals surface area contributed by atoms with Gasteiger partial charge in [-0.05, 0) is 38.7 Å². The lowest BCUT2D eigenvalue weighted by Crippen LogP contribution is -2.35. The predicted molar refractivity (Wildman–Crippen MR) is 84.7 cm³/mol. The number of aliphatic carboxylic acids is 1. The summed E-state index contributed by atoms with van der Waals surface area (Å²) in [6.45, 7) is 11.1. The van der Waals surface area contributed by atoms with Crippen molar-refractivity contribution in [3.8, 4) is 0 Å². The summed E-state index contributed by atoms with van der Waals surface area (Å²) in [7, 11) is 0. The van der Waals surface area contributed by atoms with Gasteiger partial charge in [0.1, 0.15) is 6.54 Å². The van der Waals surface area contributed by atoms with Crippen LogP contribution >= 0.6 is 0 Å². The molecule has 0 aromatic carbocycles. The fraction of sp³-hybridized carbons (Fsp3) is 0.688. The molecule has 0 radical (unpaired) electrons. The van der Waals surface area contributed by atoms with E-state index >= 15 is 0 Å². The highest BCUT2D eigenvalue weighted by Gasteiger charge is 2.18. The molecule has 0 aliphatic rings. The number of hydrogen-bond acceptors (Lipinski definition) is 3. The third-order valence-corrected chi connectivity index (χ3v) is 3.72. The summed E-state index contributed by atoms with van der Waals surface area (Å²) >= 11 is 0. The Kier molecular flexibility index (Phi) is 6.59. The highest BCUT2D eigenvalue weighted by atomic mass is 16.4. The minimum atomic E-state index is -0.979. The summed E-state index contributed by atoms with van der Waals surface area (Å²) in [5.41, 5.74) is 3.15.